The summed E-state index contributed by atoms with van der Waals surface area (Å²) in [5.41, 5.74) is 3.83. The van der Waals surface area contributed by atoms with Gasteiger partial charge in [-0.3, -0.25) is 9.89 Å². The largest absolute Gasteiger partial charge is 0.357 e. The summed E-state index contributed by atoms with van der Waals surface area (Å²) >= 11 is 0. The molecule has 0 atom stereocenters. The van der Waals surface area contributed by atoms with Crippen molar-refractivity contribution in [2.75, 3.05) is 38.1 Å². The van der Waals surface area contributed by atoms with Gasteiger partial charge in [-0.25, -0.2) is 4.98 Å². The average molecular weight is 435 g/mol. The van der Waals surface area contributed by atoms with Gasteiger partial charge in [0, 0.05) is 46.0 Å². The molecule has 2 aliphatic heterocycles. The summed E-state index contributed by atoms with van der Waals surface area (Å²) in [7, 11) is 1.81. The second-order valence-electron chi connectivity index (χ2n) is 9.00. The van der Waals surface area contributed by atoms with Crippen molar-refractivity contribution in [1.29, 1.82) is 0 Å². The number of aromatic nitrogens is 1. The van der Waals surface area contributed by atoms with Gasteiger partial charge in [-0.2, -0.15) is 0 Å². The number of hydrogen-bond donors (Lipinski definition) is 2. The van der Waals surface area contributed by atoms with Crippen LogP contribution in [0.2, 0.25) is 0 Å². The van der Waals surface area contributed by atoms with Crippen molar-refractivity contribution in [3.05, 3.63) is 59.3 Å². The van der Waals surface area contributed by atoms with Crippen molar-refractivity contribution in [2.24, 2.45) is 4.99 Å². The lowest BCUT2D eigenvalue weighted by Gasteiger charge is -2.21. The van der Waals surface area contributed by atoms with Gasteiger partial charge in [-0.05, 0) is 61.5 Å². The number of rotatable bonds is 7. The van der Waals surface area contributed by atoms with Crippen molar-refractivity contribution in [3.63, 3.8) is 0 Å². The molecule has 3 heterocycles. The zero-order valence-electron chi connectivity index (χ0n) is 19.5. The molecule has 2 aromatic rings. The lowest BCUT2D eigenvalue weighted by molar-refractivity contribution is 0.331. The van der Waals surface area contributed by atoms with E-state index in [9.17, 15) is 0 Å². The molecule has 4 rings (SSSR count). The van der Waals surface area contributed by atoms with Gasteiger partial charge in [0.2, 0.25) is 0 Å². The van der Waals surface area contributed by atoms with Crippen LogP contribution in [0.3, 0.4) is 0 Å². The summed E-state index contributed by atoms with van der Waals surface area (Å²) < 4.78 is 0. The van der Waals surface area contributed by atoms with E-state index in [1.54, 1.807) is 0 Å². The molecule has 0 unspecified atom stereocenters. The monoisotopic (exact) mass is 434 g/mol. The fourth-order valence-corrected chi connectivity index (χ4v) is 4.56. The SMILES string of the molecule is CN=C(NCc1ccc(CN2CCCC2)cc1)NCc1ccc(N2CCCCCC2)nc1. The van der Waals surface area contributed by atoms with Gasteiger partial charge in [-0.1, -0.05) is 43.2 Å². The number of likely N-dealkylation sites (tertiary alicyclic amines) is 1. The van der Waals surface area contributed by atoms with Gasteiger partial charge in [-0.15, -0.1) is 0 Å². The molecule has 2 fully saturated rings. The second-order valence-corrected chi connectivity index (χ2v) is 9.00. The van der Waals surface area contributed by atoms with E-state index in [1.807, 2.05) is 13.2 Å². The first-order valence-corrected chi connectivity index (χ1v) is 12.2. The Morgan fingerprint density at radius 3 is 2.00 bits per heavy atom. The Kier molecular flexibility index (Phi) is 8.37. The quantitative estimate of drug-likeness (QED) is 0.511. The lowest BCUT2D eigenvalue weighted by Crippen LogP contribution is -2.36. The third kappa shape index (κ3) is 6.70. The van der Waals surface area contributed by atoms with Crippen LogP contribution in [0.25, 0.3) is 0 Å². The summed E-state index contributed by atoms with van der Waals surface area (Å²) in [6.07, 6.45) is 9.89. The molecular formula is C26H38N6. The summed E-state index contributed by atoms with van der Waals surface area (Å²) in [4.78, 5) is 14.0. The van der Waals surface area contributed by atoms with Crippen molar-refractivity contribution < 1.29 is 0 Å². The standard InChI is InChI=1S/C26H38N6/c1-27-26(29-18-22-8-10-23(11-9-22)21-31-14-6-7-15-31)30-20-24-12-13-25(28-19-24)32-16-4-2-3-5-17-32/h8-13,19H,2-7,14-18,20-21H2,1H3,(H2,27,29,30). The van der Waals surface area contributed by atoms with E-state index in [-0.39, 0.29) is 0 Å². The minimum Gasteiger partial charge on any atom is -0.357 e. The van der Waals surface area contributed by atoms with Crippen LogP contribution in [0.4, 0.5) is 5.82 Å². The summed E-state index contributed by atoms with van der Waals surface area (Å²) in [6, 6.07) is 13.3. The molecule has 2 aliphatic rings. The van der Waals surface area contributed by atoms with E-state index < -0.39 is 0 Å². The Morgan fingerprint density at radius 1 is 0.781 bits per heavy atom. The van der Waals surface area contributed by atoms with E-state index >= 15 is 0 Å². The van der Waals surface area contributed by atoms with E-state index in [2.05, 4.69) is 61.8 Å². The number of anilines is 1. The maximum absolute atomic E-state index is 4.71. The fraction of sp³-hybridized carbons (Fsp3) is 0.538. The number of guanidine groups is 1. The molecule has 2 N–H and O–H groups in total. The van der Waals surface area contributed by atoms with Crippen LogP contribution in [-0.2, 0) is 19.6 Å². The number of pyridine rings is 1. The summed E-state index contributed by atoms with van der Waals surface area (Å²) in [5, 5.41) is 6.82. The van der Waals surface area contributed by atoms with Crippen molar-refractivity contribution in [3.8, 4) is 0 Å². The third-order valence-electron chi connectivity index (χ3n) is 6.51. The summed E-state index contributed by atoms with van der Waals surface area (Å²) in [5.74, 6) is 1.91. The molecule has 32 heavy (non-hydrogen) atoms. The minimum absolute atomic E-state index is 0.710. The maximum Gasteiger partial charge on any atom is 0.191 e. The maximum atomic E-state index is 4.71. The van der Waals surface area contributed by atoms with E-state index in [1.165, 1.54) is 62.7 Å². The molecule has 0 amide bonds. The third-order valence-corrected chi connectivity index (χ3v) is 6.51. The van der Waals surface area contributed by atoms with Crippen molar-refractivity contribution in [2.45, 2.75) is 58.2 Å². The second kappa shape index (κ2) is 11.9. The molecule has 0 saturated carbocycles. The highest BCUT2D eigenvalue weighted by Crippen LogP contribution is 2.17. The number of aliphatic imine (C=N–C) groups is 1. The van der Waals surface area contributed by atoms with Crippen LogP contribution in [0.5, 0.6) is 0 Å². The number of hydrogen-bond acceptors (Lipinski definition) is 4. The molecule has 1 aromatic carbocycles. The first-order chi connectivity index (χ1) is 15.8. The highest BCUT2D eigenvalue weighted by atomic mass is 15.2. The molecular weight excluding hydrogens is 396 g/mol. The van der Waals surface area contributed by atoms with Crippen LogP contribution >= 0.6 is 0 Å². The fourth-order valence-electron chi connectivity index (χ4n) is 4.56. The first kappa shape index (κ1) is 22.6. The number of nitrogens with one attached hydrogen (secondary N) is 2. The highest BCUT2D eigenvalue weighted by molar-refractivity contribution is 5.79. The molecule has 1 aromatic heterocycles. The molecule has 0 spiro atoms. The van der Waals surface area contributed by atoms with Gasteiger partial charge in [0.1, 0.15) is 5.82 Å². The lowest BCUT2D eigenvalue weighted by atomic mass is 10.1. The first-order valence-electron chi connectivity index (χ1n) is 12.2. The molecule has 0 aliphatic carbocycles. The molecule has 6 nitrogen and oxygen atoms in total. The van der Waals surface area contributed by atoms with E-state index in [4.69, 9.17) is 4.98 Å². The van der Waals surface area contributed by atoms with Gasteiger partial charge in [0.05, 0.1) is 0 Å². The Bertz CT molecular complexity index is 832. The highest BCUT2D eigenvalue weighted by Gasteiger charge is 2.12. The Morgan fingerprint density at radius 2 is 1.38 bits per heavy atom. The Hall–Kier alpha value is -2.60. The van der Waals surface area contributed by atoms with Crippen molar-refractivity contribution in [1.82, 2.24) is 20.5 Å². The van der Waals surface area contributed by atoms with Gasteiger partial charge < -0.3 is 15.5 Å². The van der Waals surface area contributed by atoms with Gasteiger partial charge >= 0.3 is 0 Å². The zero-order valence-corrected chi connectivity index (χ0v) is 19.5. The van der Waals surface area contributed by atoms with Gasteiger partial charge in [0.25, 0.3) is 0 Å². The van der Waals surface area contributed by atoms with Crippen LogP contribution in [0.1, 0.15) is 55.2 Å². The van der Waals surface area contributed by atoms with Gasteiger partial charge in [0.15, 0.2) is 5.96 Å². The van der Waals surface area contributed by atoms with Crippen LogP contribution in [0.15, 0.2) is 47.6 Å². The molecule has 0 radical (unpaired) electrons. The topological polar surface area (TPSA) is 55.8 Å². The van der Waals surface area contributed by atoms with Crippen molar-refractivity contribution >= 4 is 11.8 Å². The minimum atomic E-state index is 0.710. The smallest absolute Gasteiger partial charge is 0.191 e. The van der Waals surface area contributed by atoms with Crippen LogP contribution < -0.4 is 15.5 Å². The zero-order chi connectivity index (χ0) is 22.0. The predicted octanol–water partition coefficient (Wildman–Crippen LogP) is 3.92. The summed E-state index contributed by atoms with van der Waals surface area (Å²) in [6.45, 7) is 7.27. The predicted molar refractivity (Wildman–Crippen MR) is 133 cm³/mol. The molecule has 6 heteroatoms. The van der Waals surface area contributed by atoms with Crippen LogP contribution in [-0.4, -0.2) is 49.1 Å². The molecule has 2 saturated heterocycles. The Labute approximate surface area is 193 Å². The van der Waals surface area contributed by atoms with E-state index in [0.29, 0.717) is 6.54 Å². The Balaban J connectivity index is 1.21. The van der Waals surface area contributed by atoms with Crippen LogP contribution in [0, 0.1) is 0 Å². The number of nitrogens with zero attached hydrogens (tertiary/aromatic N) is 4. The molecule has 0 bridgehead atoms. The molecule has 172 valence electrons. The van der Waals surface area contributed by atoms with E-state index in [0.717, 1.165) is 43.5 Å². The average Bonchev–Trinajstić information content (AvgIpc) is 3.19. The normalized spacial score (nSPS) is 17.9. The number of benzene rings is 1.